The standard InChI is InChI=1S/C24H28N2O2/c1-15-12-16(2)21(17(3)13-15)14-25-23(27)22-20-7-5-4-6-18(20)10-11-26(22)24(28)19-8-9-19/h4-7,12-13,19,22H,8-11,14H2,1-3H3,(H,25,27)/t22-/m0/s1. The normalized spacial score (nSPS) is 18.5. The summed E-state index contributed by atoms with van der Waals surface area (Å²) in [5.74, 6) is 0.167. The summed E-state index contributed by atoms with van der Waals surface area (Å²) in [7, 11) is 0. The topological polar surface area (TPSA) is 49.4 Å². The molecular weight excluding hydrogens is 348 g/mol. The number of carbonyl (C=O) groups excluding carboxylic acids is 2. The summed E-state index contributed by atoms with van der Waals surface area (Å²) in [6, 6.07) is 11.8. The van der Waals surface area contributed by atoms with E-state index in [2.05, 4.69) is 44.3 Å². The molecule has 2 aromatic rings. The van der Waals surface area contributed by atoms with Crippen LogP contribution in [0, 0.1) is 26.7 Å². The van der Waals surface area contributed by atoms with E-state index >= 15 is 0 Å². The molecular formula is C24H28N2O2. The summed E-state index contributed by atoms with van der Waals surface area (Å²) >= 11 is 0. The Labute approximate surface area is 166 Å². The molecule has 0 aromatic heterocycles. The Balaban J connectivity index is 1.59. The molecule has 1 heterocycles. The van der Waals surface area contributed by atoms with Crippen molar-refractivity contribution >= 4 is 11.8 Å². The number of nitrogens with zero attached hydrogens (tertiary/aromatic N) is 1. The second-order valence-corrected chi connectivity index (χ2v) is 8.25. The molecule has 0 bridgehead atoms. The van der Waals surface area contributed by atoms with Crippen molar-refractivity contribution in [2.75, 3.05) is 6.54 Å². The minimum Gasteiger partial charge on any atom is -0.350 e. The molecule has 1 aliphatic carbocycles. The second kappa shape index (κ2) is 7.42. The third kappa shape index (κ3) is 3.56. The van der Waals surface area contributed by atoms with Gasteiger partial charge in [-0.15, -0.1) is 0 Å². The number of aryl methyl sites for hydroxylation is 3. The van der Waals surface area contributed by atoms with E-state index < -0.39 is 6.04 Å². The molecule has 1 fully saturated rings. The van der Waals surface area contributed by atoms with Crippen molar-refractivity contribution in [1.82, 2.24) is 10.2 Å². The van der Waals surface area contributed by atoms with E-state index in [4.69, 9.17) is 0 Å². The van der Waals surface area contributed by atoms with Crippen LogP contribution in [0.5, 0.6) is 0 Å². The van der Waals surface area contributed by atoms with Crippen molar-refractivity contribution < 1.29 is 9.59 Å². The van der Waals surface area contributed by atoms with Gasteiger partial charge < -0.3 is 10.2 Å². The first-order chi connectivity index (χ1) is 13.5. The number of hydrogen-bond acceptors (Lipinski definition) is 2. The zero-order valence-electron chi connectivity index (χ0n) is 16.9. The van der Waals surface area contributed by atoms with E-state index in [1.54, 1.807) is 0 Å². The smallest absolute Gasteiger partial charge is 0.247 e. The van der Waals surface area contributed by atoms with Crippen LogP contribution in [0.1, 0.15) is 52.3 Å². The van der Waals surface area contributed by atoms with Gasteiger partial charge in [0.1, 0.15) is 6.04 Å². The van der Waals surface area contributed by atoms with Gasteiger partial charge in [0.2, 0.25) is 11.8 Å². The highest BCUT2D eigenvalue weighted by molar-refractivity contribution is 5.91. The SMILES string of the molecule is Cc1cc(C)c(CNC(=O)[C@@H]2c3ccccc3CCN2C(=O)C2CC2)c(C)c1. The van der Waals surface area contributed by atoms with E-state index in [1.165, 1.54) is 22.3 Å². The largest absolute Gasteiger partial charge is 0.350 e. The van der Waals surface area contributed by atoms with Crippen molar-refractivity contribution in [3.63, 3.8) is 0 Å². The maximum atomic E-state index is 13.3. The monoisotopic (exact) mass is 376 g/mol. The van der Waals surface area contributed by atoms with E-state index in [0.717, 1.165) is 30.4 Å². The summed E-state index contributed by atoms with van der Waals surface area (Å²) in [5.41, 5.74) is 6.90. The van der Waals surface area contributed by atoms with E-state index in [-0.39, 0.29) is 17.7 Å². The van der Waals surface area contributed by atoms with Gasteiger partial charge in [0.05, 0.1) is 0 Å². The summed E-state index contributed by atoms with van der Waals surface area (Å²) in [4.78, 5) is 27.9. The Morgan fingerprint density at radius 3 is 2.43 bits per heavy atom. The Morgan fingerprint density at radius 2 is 1.75 bits per heavy atom. The number of fused-ring (bicyclic) bond motifs is 1. The first kappa shape index (κ1) is 18.7. The van der Waals surface area contributed by atoms with Crippen LogP contribution in [0.3, 0.4) is 0 Å². The Kier molecular flexibility index (Phi) is 4.96. The van der Waals surface area contributed by atoms with Gasteiger partial charge in [0, 0.05) is 19.0 Å². The number of benzene rings is 2. The molecule has 1 saturated carbocycles. The van der Waals surface area contributed by atoms with Crippen LogP contribution in [-0.4, -0.2) is 23.3 Å². The van der Waals surface area contributed by atoms with Crippen molar-refractivity contribution in [2.45, 2.75) is 52.6 Å². The molecule has 0 unspecified atom stereocenters. The van der Waals surface area contributed by atoms with Crippen LogP contribution in [0.4, 0.5) is 0 Å². The molecule has 1 N–H and O–H groups in total. The fourth-order valence-electron chi connectivity index (χ4n) is 4.41. The van der Waals surface area contributed by atoms with Gasteiger partial charge in [-0.25, -0.2) is 0 Å². The van der Waals surface area contributed by atoms with Crippen LogP contribution in [-0.2, 0) is 22.6 Å². The summed E-state index contributed by atoms with van der Waals surface area (Å²) < 4.78 is 0. The maximum Gasteiger partial charge on any atom is 0.247 e. The molecule has 1 atom stereocenters. The molecule has 4 heteroatoms. The van der Waals surface area contributed by atoms with Crippen LogP contribution in [0.25, 0.3) is 0 Å². The molecule has 2 amide bonds. The lowest BCUT2D eigenvalue weighted by molar-refractivity contribution is -0.142. The first-order valence-electron chi connectivity index (χ1n) is 10.2. The molecule has 28 heavy (non-hydrogen) atoms. The minimum atomic E-state index is -0.524. The zero-order valence-corrected chi connectivity index (χ0v) is 16.9. The fraction of sp³-hybridized carbons (Fsp3) is 0.417. The maximum absolute atomic E-state index is 13.3. The first-order valence-corrected chi connectivity index (χ1v) is 10.2. The molecule has 4 rings (SSSR count). The van der Waals surface area contributed by atoms with Gasteiger partial charge in [0.25, 0.3) is 0 Å². The number of hydrogen-bond donors (Lipinski definition) is 1. The highest BCUT2D eigenvalue weighted by Gasteiger charge is 2.41. The van der Waals surface area contributed by atoms with Crippen LogP contribution >= 0.6 is 0 Å². The molecule has 2 aromatic carbocycles. The summed E-state index contributed by atoms with van der Waals surface area (Å²) in [6.45, 7) is 7.36. The van der Waals surface area contributed by atoms with Gasteiger partial charge >= 0.3 is 0 Å². The predicted octanol–water partition coefficient (Wildman–Crippen LogP) is 3.76. The third-order valence-electron chi connectivity index (χ3n) is 6.02. The van der Waals surface area contributed by atoms with Crippen molar-refractivity contribution in [1.29, 1.82) is 0 Å². The van der Waals surface area contributed by atoms with E-state index in [1.807, 2.05) is 23.1 Å². The van der Waals surface area contributed by atoms with Gasteiger partial charge in [-0.1, -0.05) is 42.0 Å². The molecule has 146 valence electrons. The Morgan fingerprint density at radius 1 is 1.07 bits per heavy atom. The van der Waals surface area contributed by atoms with Crippen molar-refractivity contribution in [3.05, 3.63) is 69.8 Å². The average molecular weight is 377 g/mol. The lowest BCUT2D eigenvalue weighted by atomic mass is 9.91. The molecule has 4 nitrogen and oxygen atoms in total. The number of rotatable bonds is 4. The molecule has 0 saturated heterocycles. The number of nitrogens with one attached hydrogen (secondary N) is 1. The van der Waals surface area contributed by atoms with Gasteiger partial charge in [-0.3, -0.25) is 9.59 Å². The Hall–Kier alpha value is -2.62. The second-order valence-electron chi connectivity index (χ2n) is 8.25. The van der Waals surface area contributed by atoms with Gasteiger partial charge in [-0.05, 0) is 67.9 Å². The highest BCUT2D eigenvalue weighted by Crippen LogP contribution is 2.37. The number of carbonyl (C=O) groups is 2. The Bertz CT molecular complexity index is 907. The van der Waals surface area contributed by atoms with Crippen molar-refractivity contribution in [2.24, 2.45) is 5.92 Å². The van der Waals surface area contributed by atoms with Crippen LogP contribution in [0.2, 0.25) is 0 Å². The van der Waals surface area contributed by atoms with Gasteiger partial charge in [0.15, 0.2) is 0 Å². The lowest BCUT2D eigenvalue weighted by Crippen LogP contribution is -2.47. The van der Waals surface area contributed by atoms with E-state index in [9.17, 15) is 9.59 Å². The van der Waals surface area contributed by atoms with Crippen molar-refractivity contribution in [3.8, 4) is 0 Å². The summed E-state index contributed by atoms with van der Waals surface area (Å²) in [6.07, 6.45) is 2.72. The quantitative estimate of drug-likeness (QED) is 0.883. The molecule has 1 aliphatic heterocycles. The highest BCUT2D eigenvalue weighted by atomic mass is 16.2. The molecule has 2 aliphatic rings. The predicted molar refractivity (Wildman–Crippen MR) is 110 cm³/mol. The van der Waals surface area contributed by atoms with E-state index in [0.29, 0.717) is 13.1 Å². The average Bonchev–Trinajstić information content (AvgIpc) is 3.50. The summed E-state index contributed by atoms with van der Waals surface area (Å²) in [5, 5.41) is 3.12. The zero-order chi connectivity index (χ0) is 19.8. The van der Waals surface area contributed by atoms with Gasteiger partial charge in [-0.2, -0.15) is 0 Å². The fourth-order valence-corrected chi connectivity index (χ4v) is 4.41. The molecule has 0 radical (unpaired) electrons. The van der Waals surface area contributed by atoms with Crippen LogP contribution < -0.4 is 5.32 Å². The third-order valence-corrected chi connectivity index (χ3v) is 6.02. The molecule has 0 spiro atoms. The minimum absolute atomic E-state index is 0.0828. The van der Waals surface area contributed by atoms with Crippen LogP contribution in [0.15, 0.2) is 36.4 Å². The number of amides is 2. The lowest BCUT2D eigenvalue weighted by Gasteiger charge is -2.36.